The third-order valence-corrected chi connectivity index (χ3v) is 3.73. The fraction of sp³-hybridized carbons (Fsp3) is 0.846. The lowest BCUT2D eigenvalue weighted by Gasteiger charge is -2.43. The molecule has 5 heteroatoms. The molecule has 0 aromatic rings. The molecule has 1 rings (SSSR count). The molecule has 0 atom stereocenters. The van der Waals surface area contributed by atoms with Gasteiger partial charge in [0.25, 0.3) is 0 Å². The van der Waals surface area contributed by atoms with Crippen molar-refractivity contribution in [2.24, 2.45) is 0 Å². The Kier molecular flexibility index (Phi) is 4.05. The molecular weight excluding hydrogens is 232 g/mol. The summed E-state index contributed by atoms with van der Waals surface area (Å²) in [6.45, 7) is 10.5. The van der Waals surface area contributed by atoms with Gasteiger partial charge in [0.2, 0.25) is 5.91 Å². The van der Waals surface area contributed by atoms with Gasteiger partial charge in [0.15, 0.2) is 0 Å². The van der Waals surface area contributed by atoms with E-state index in [1.54, 1.807) is 6.92 Å². The fourth-order valence-corrected chi connectivity index (χ4v) is 2.35. The number of carbonyl (C=O) groups is 2. The molecule has 5 nitrogen and oxygen atoms in total. The first-order chi connectivity index (χ1) is 8.12. The van der Waals surface area contributed by atoms with Crippen LogP contribution in [0.25, 0.3) is 0 Å². The summed E-state index contributed by atoms with van der Waals surface area (Å²) in [5.74, 6) is -0.170. The molecule has 0 unspecified atom stereocenters. The lowest BCUT2D eigenvalue weighted by molar-refractivity contribution is -0.130. The average molecular weight is 256 g/mol. The molecule has 0 bridgehead atoms. The molecule has 18 heavy (non-hydrogen) atoms. The van der Waals surface area contributed by atoms with E-state index in [9.17, 15) is 9.59 Å². The molecule has 0 aromatic heterocycles. The van der Waals surface area contributed by atoms with Crippen LogP contribution in [0.5, 0.6) is 0 Å². The topological polar surface area (TPSA) is 49.9 Å². The molecule has 0 N–H and O–H groups in total. The van der Waals surface area contributed by atoms with Gasteiger partial charge in [0.1, 0.15) is 0 Å². The van der Waals surface area contributed by atoms with Gasteiger partial charge in [-0.15, -0.1) is 0 Å². The highest BCUT2D eigenvalue weighted by molar-refractivity contribution is 5.92. The number of nitrogens with zero attached hydrogens (tertiary/aromatic N) is 2. The second-order valence-electron chi connectivity index (χ2n) is 6.04. The normalized spacial score (nSPS) is 23.7. The van der Waals surface area contributed by atoms with Gasteiger partial charge < -0.3 is 4.74 Å². The van der Waals surface area contributed by atoms with Crippen LogP contribution in [-0.2, 0) is 9.53 Å². The molecule has 0 radical (unpaired) electrons. The van der Waals surface area contributed by atoms with Crippen molar-refractivity contribution in [2.75, 3.05) is 20.2 Å². The number of likely N-dealkylation sites (N-methyl/N-ethyl adjacent to an activating group) is 1. The van der Waals surface area contributed by atoms with Gasteiger partial charge in [0.05, 0.1) is 6.61 Å². The Morgan fingerprint density at radius 3 is 2.33 bits per heavy atom. The summed E-state index contributed by atoms with van der Waals surface area (Å²) in [6, 6.07) is 0. The lowest BCUT2D eigenvalue weighted by atomic mass is 9.93. The van der Waals surface area contributed by atoms with Gasteiger partial charge >= 0.3 is 6.09 Å². The zero-order chi connectivity index (χ0) is 14.1. The second kappa shape index (κ2) is 4.88. The Morgan fingerprint density at radius 1 is 1.28 bits per heavy atom. The van der Waals surface area contributed by atoms with Crippen LogP contribution in [0.15, 0.2) is 0 Å². The zero-order valence-corrected chi connectivity index (χ0v) is 12.2. The molecule has 0 aromatic carbocycles. The van der Waals surface area contributed by atoms with E-state index in [1.807, 2.05) is 34.7 Å². The van der Waals surface area contributed by atoms with Crippen LogP contribution in [0, 0.1) is 0 Å². The number of rotatable bonds is 1. The second-order valence-corrected chi connectivity index (χ2v) is 6.04. The highest BCUT2D eigenvalue weighted by Crippen LogP contribution is 2.31. The number of imide groups is 1. The first kappa shape index (κ1) is 15.0. The van der Waals surface area contributed by atoms with Crippen molar-refractivity contribution < 1.29 is 14.3 Å². The van der Waals surface area contributed by atoms with E-state index >= 15 is 0 Å². The summed E-state index contributed by atoms with van der Waals surface area (Å²) in [5.41, 5.74) is -0.551. The molecular formula is C13H24N2O3. The minimum atomic E-state index is -0.540. The Labute approximate surface area is 109 Å². The van der Waals surface area contributed by atoms with E-state index < -0.39 is 6.09 Å². The largest absolute Gasteiger partial charge is 0.449 e. The van der Waals surface area contributed by atoms with Crippen LogP contribution >= 0.6 is 0 Å². The summed E-state index contributed by atoms with van der Waals surface area (Å²) in [6.07, 6.45) is -0.229. The van der Waals surface area contributed by atoms with E-state index in [0.29, 0.717) is 13.0 Å². The monoisotopic (exact) mass is 256 g/mol. The molecule has 0 saturated carbocycles. The predicted octanol–water partition coefficient (Wildman–Crippen LogP) is 1.86. The maximum Gasteiger partial charge on any atom is 0.416 e. The summed E-state index contributed by atoms with van der Waals surface area (Å²) in [5, 5.41) is 0. The molecule has 1 fully saturated rings. The van der Waals surface area contributed by atoms with Gasteiger partial charge in [0, 0.05) is 24.0 Å². The Hall–Kier alpha value is -1.10. The van der Waals surface area contributed by atoms with Crippen LogP contribution in [-0.4, -0.2) is 53.1 Å². The molecule has 0 aliphatic carbocycles. The van der Waals surface area contributed by atoms with Gasteiger partial charge in [-0.2, -0.15) is 0 Å². The van der Waals surface area contributed by atoms with Gasteiger partial charge in [-0.3, -0.25) is 9.69 Å². The lowest BCUT2D eigenvalue weighted by Crippen LogP contribution is -2.55. The first-order valence-corrected chi connectivity index (χ1v) is 6.33. The van der Waals surface area contributed by atoms with Crippen molar-refractivity contribution >= 4 is 12.0 Å². The number of hydrogen-bond donors (Lipinski definition) is 0. The number of amides is 2. The van der Waals surface area contributed by atoms with Gasteiger partial charge in [-0.25, -0.2) is 9.69 Å². The summed E-state index contributed by atoms with van der Waals surface area (Å²) in [4.78, 5) is 27.4. The fourth-order valence-electron chi connectivity index (χ4n) is 2.35. The van der Waals surface area contributed by atoms with Crippen LogP contribution in [0.3, 0.4) is 0 Å². The van der Waals surface area contributed by atoms with Crippen LogP contribution in [0.2, 0.25) is 0 Å². The molecule has 1 heterocycles. The predicted molar refractivity (Wildman–Crippen MR) is 69.3 cm³/mol. The van der Waals surface area contributed by atoms with E-state index in [2.05, 4.69) is 4.90 Å². The van der Waals surface area contributed by atoms with Crippen molar-refractivity contribution in [3.63, 3.8) is 0 Å². The Bertz CT molecular complexity index is 350. The molecule has 104 valence electrons. The van der Waals surface area contributed by atoms with E-state index in [0.717, 1.165) is 0 Å². The van der Waals surface area contributed by atoms with Crippen molar-refractivity contribution in [1.29, 1.82) is 0 Å². The van der Waals surface area contributed by atoms with Gasteiger partial charge in [-0.05, 0) is 41.7 Å². The SMILES string of the molecule is CCOC(=O)N1CC(C)(C)N(C)C(C)(C)CC1=O. The smallest absolute Gasteiger partial charge is 0.416 e. The molecule has 1 aliphatic heterocycles. The summed E-state index contributed by atoms with van der Waals surface area (Å²) in [7, 11) is 1.99. The maximum atomic E-state index is 12.2. The zero-order valence-electron chi connectivity index (χ0n) is 12.2. The van der Waals surface area contributed by atoms with Gasteiger partial charge in [-0.1, -0.05) is 0 Å². The van der Waals surface area contributed by atoms with Crippen LogP contribution in [0.4, 0.5) is 4.79 Å². The van der Waals surface area contributed by atoms with Crippen LogP contribution in [0.1, 0.15) is 41.0 Å². The minimum absolute atomic E-state index is 0.170. The third-order valence-electron chi connectivity index (χ3n) is 3.73. The molecule has 1 saturated heterocycles. The first-order valence-electron chi connectivity index (χ1n) is 6.33. The Morgan fingerprint density at radius 2 is 1.83 bits per heavy atom. The number of carbonyl (C=O) groups excluding carboxylic acids is 2. The average Bonchev–Trinajstić information content (AvgIpc) is 2.28. The third kappa shape index (κ3) is 2.83. The standard InChI is InChI=1S/C13H24N2O3/c1-7-18-11(17)15-9-13(4,5)14(6)12(2,3)8-10(15)16/h7-9H2,1-6H3. The van der Waals surface area contributed by atoms with E-state index in [4.69, 9.17) is 4.74 Å². The molecule has 2 amide bonds. The van der Waals surface area contributed by atoms with Crippen molar-refractivity contribution in [2.45, 2.75) is 52.1 Å². The van der Waals surface area contributed by atoms with Crippen molar-refractivity contribution in [1.82, 2.24) is 9.80 Å². The minimum Gasteiger partial charge on any atom is -0.449 e. The molecule has 1 aliphatic rings. The highest BCUT2D eigenvalue weighted by Gasteiger charge is 2.44. The number of hydrogen-bond acceptors (Lipinski definition) is 4. The molecule has 0 spiro atoms. The highest BCUT2D eigenvalue weighted by atomic mass is 16.6. The number of ether oxygens (including phenoxy) is 1. The Balaban J connectivity index is 3.04. The summed E-state index contributed by atoms with van der Waals surface area (Å²) < 4.78 is 4.95. The van der Waals surface area contributed by atoms with Crippen molar-refractivity contribution in [3.8, 4) is 0 Å². The maximum absolute atomic E-state index is 12.2. The van der Waals surface area contributed by atoms with Crippen LogP contribution < -0.4 is 0 Å². The van der Waals surface area contributed by atoms with E-state index in [-0.39, 0.29) is 23.6 Å². The summed E-state index contributed by atoms with van der Waals surface area (Å²) >= 11 is 0. The van der Waals surface area contributed by atoms with E-state index in [1.165, 1.54) is 4.90 Å². The quantitative estimate of drug-likeness (QED) is 0.718. The van der Waals surface area contributed by atoms with Crippen molar-refractivity contribution in [3.05, 3.63) is 0 Å².